The molecule has 9 heteroatoms. The fraction of sp³-hybridized carbons (Fsp3) is 0.364. The van der Waals surface area contributed by atoms with Gasteiger partial charge in [-0.2, -0.15) is 0 Å². The normalized spacial score (nSPS) is 13.9. The summed E-state index contributed by atoms with van der Waals surface area (Å²) in [6, 6.07) is 10.0. The number of thiophene rings is 1. The summed E-state index contributed by atoms with van der Waals surface area (Å²) in [5.41, 5.74) is 2.60. The molecule has 0 bridgehead atoms. The van der Waals surface area contributed by atoms with Gasteiger partial charge in [-0.25, -0.2) is 0 Å². The Balaban J connectivity index is 1.59. The number of anilines is 1. The van der Waals surface area contributed by atoms with Crippen LogP contribution in [0.5, 0.6) is 0 Å². The van der Waals surface area contributed by atoms with Crippen LogP contribution in [-0.4, -0.2) is 45.8 Å². The van der Waals surface area contributed by atoms with E-state index in [1.54, 1.807) is 0 Å². The number of hydrogen-bond donors (Lipinski definition) is 1. The second kappa shape index (κ2) is 9.93. The van der Waals surface area contributed by atoms with E-state index in [0.29, 0.717) is 10.6 Å². The SMILES string of the molecule is Cc1nnc(SCC(=O)Nc2sc(-c3ccccc3)c(C)c2C(=O)N2CCCCC2)s1. The molecule has 0 radical (unpaired) electrons. The number of hydrogen-bond acceptors (Lipinski definition) is 7. The van der Waals surface area contributed by atoms with E-state index in [4.69, 9.17) is 0 Å². The first-order valence-electron chi connectivity index (χ1n) is 10.2. The Bertz CT molecular complexity index is 1070. The largest absolute Gasteiger partial charge is 0.339 e. The summed E-state index contributed by atoms with van der Waals surface area (Å²) >= 11 is 4.30. The summed E-state index contributed by atoms with van der Waals surface area (Å²) in [5, 5.41) is 12.5. The number of benzene rings is 1. The van der Waals surface area contributed by atoms with Gasteiger partial charge in [-0.15, -0.1) is 21.5 Å². The van der Waals surface area contributed by atoms with Gasteiger partial charge in [0.1, 0.15) is 10.0 Å². The molecular weight excluding hydrogens is 448 g/mol. The first-order chi connectivity index (χ1) is 15.0. The van der Waals surface area contributed by atoms with E-state index < -0.39 is 0 Å². The van der Waals surface area contributed by atoms with Crippen LogP contribution >= 0.6 is 34.4 Å². The molecule has 1 fully saturated rings. The van der Waals surface area contributed by atoms with Crippen molar-refractivity contribution in [3.05, 3.63) is 46.5 Å². The summed E-state index contributed by atoms with van der Waals surface area (Å²) in [4.78, 5) is 29.1. The molecule has 3 aromatic rings. The van der Waals surface area contributed by atoms with Gasteiger partial charge in [0.2, 0.25) is 5.91 Å². The van der Waals surface area contributed by atoms with Crippen molar-refractivity contribution < 1.29 is 9.59 Å². The van der Waals surface area contributed by atoms with Gasteiger partial charge in [-0.3, -0.25) is 9.59 Å². The van der Waals surface area contributed by atoms with Crippen LogP contribution in [0, 0.1) is 13.8 Å². The first-order valence-corrected chi connectivity index (χ1v) is 12.9. The Morgan fingerprint density at radius 2 is 1.81 bits per heavy atom. The van der Waals surface area contributed by atoms with Gasteiger partial charge in [0.25, 0.3) is 5.91 Å². The molecule has 0 aliphatic carbocycles. The molecule has 0 atom stereocenters. The van der Waals surface area contributed by atoms with Crippen LogP contribution in [0.2, 0.25) is 0 Å². The summed E-state index contributed by atoms with van der Waals surface area (Å²) < 4.78 is 0.768. The highest BCUT2D eigenvalue weighted by Crippen LogP contribution is 2.41. The number of piperidine rings is 1. The Morgan fingerprint density at radius 1 is 1.06 bits per heavy atom. The molecular formula is C22H24N4O2S3. The summed E-state index contributed by atoms with van der Waals surface area (Å²) in [6.45, 7) is 5.41. The van der Waals surface area contributed by atoms with Gasteiger partial charge in [-0.1, -0.05) is 53.4 Å². The van der Waals surface area contributed by atoms with E-state index in [0.717, 1.165) is 57.7 Å². The number of carbonyl (C=O) groups excluding carboxylic acids is 2. The van der Waals surface area contributed by atoms with E-state index in [1.807, 2.05) is 49.1 Å². The molecule has 0 unspecified atom stereocenters. The van der Waals surface area contributed by atoms with Crippen LogP contribution < -0.4 is 5.32 Å². The second-order valence-electron chi connectivity index (χ2n) is 7.40. The number of nitrogens with one attached hydrogen (secondary N) is 1. The lowest BCUT2D eigenvalue weighted by Gasteiger charge is -2.27. The Hall–Kier alpha value is -2.23. The van der Waals surface area contributed by atoms with E-state index >= 15 is 0 Å². The Kier molecular flexibility index (Phi) is 7.04. The van der Waals surface area contributed by atoms with Crippen LogP contribution in [0.1, 0.15) is 40.2 Å². The number of thioether (sulfide) groups is 1. The summed E-state index contributed by atoms with van der Waals surface area (Å²) in [7, 11) is 0. The fourth-order valence-corrected chi connectivity index (χ4v) is 6.44. The van der Waals surface area contributed by atoms with Crippen LogP contribution in [0.4, 0.5) is 5.00 Å². The number of carbonyl (C=O) groups is 2. The van der Waals surface area contributed by atoms with Crippen LogP contribution in [0.25, 0.3) is 10.4 Å². The zero-order valence-electron chi connectivity index (χ0n) is 17.5. The fourth-order valence-electron chi connectivity index (χ4n) is 3.61. The maximum Gasteiger partial charge on any atom is 0.257 e. The number of amides is 2. The summed E-state index contributed by atoms with van der Waals surface area (Å²) in [5.74, 6) is 0.0913. The lowest BCUT2D eigenvalue weighted by atomic mass is 10.0. The minimum Gasteiger partial charge on any atom is -0.339 e. The van der Waals surface area contributed by atoms with E-state index in [-0.39, 0.29) is 17.6 Å². The van der Waals surface area contributed by atoms with Crippen LogP contribution in [-0.2, 0) is 4.79 Å². The lowest BCUT2D eigenvalue weighted by molar-refractivity contribution is -0.113. The molecule has 31 heavy (non-hydrogen) atoms. The molecule has 2 amide bonds. The third kappa shape index (κ3) is 5.16. The molecule has 1 saturated heterocycles. The van der Waals surface area contributed by atoms with Gasteiger partial charge < -0.3 is 10.2 Å². The predicted molar refractivity (Wildman–Crippen MR) is 128 cm³/mol. The number of likely N-dealkylation sites (tertiary alicyclic amines) is 1. The average Bonchev–Trinajstić information content (AvgIpc) is 3.35. The molecule has 2 aromatic heterocycles. The van der Waals surface area contributed by atoms with Crippen LogP contribution in [0.3, 0.4) is 0 Å². The van der Waals surface area contributed by atoms with Crippen LogP contribution in [0.15, 0.2) is 34.7 Å². The number of rotatable bonds is 6. The molecule has 162 valence electrons. The number of aryl methyl sites for hydroxylation is 1. The zero-order chi connectivity index (χ0) is 21.8. The van der Waals surface area contributed by atoms with E-state index in [9.17, 15) is 9.59 Å². The standard InChI is InChI=1S/C22H24N4O2S3/c1-14-18(21(28)26-11-7-4-8-12-26)20(31-19(14)16-9-5-3-6-10-16)23-17(27)13-29-22-25-24-15(2)30-22/h3,5-6,9-10H,4,7-8,11-13H2,1-2H3,(H,23,27). The zero-order valence-corrected chi connectivity index (χ0v) is 20.0. The van der Waals surface area contributed by atoms with Gasteiger partial charge in [0.15, 0.2) is 4.34 Å². The summed E-state index contributed by atoms with van der Waals surface area (Å²) in [6.07, 6.45) is 3.22. The van der Waals surface area contributed by atoms with Crippen molar-refractivity contribution in [2.75, 3.05) is 24.2 Å². The van der Waals surface area contributed by atoms with Gasteiger partial charge in [0, 0.05) is 18.0 Å². The molecule has 1 aliphatic heterocycles. The minimum absolute atomic E-state index is 0.0123. The van der Waals surface area contributed by atoms with Crippen molar-refractivity contribution in [2.45, 2.75) is 37.4 Å². The van der Waals surface area contributed by atoms with Gasteiger partial charge in [-0.05, 0) is 44.2 Å². The number of aromatic nitrogens is 2. The second-order valence-corrected chi connectivity index (χ2v) is 10.8. The Morgan fingerprint density at radius 3 is 2.48 bits per heavy atom. The maximum atomic E-state index is 13.4. The first kappa shape index (κ1) is 22.0. The molecule has 1 N–H and O–H groups in total. The monoisotopic (exact) mass is 472 g/mol. The maximum absolute atomic E-state index is 13.4. The number of nitrogens with zero attached hydrogens (tertiary/aromatic N) is 3. The minimum atomic E-state index is -0.147. The highest BCUT2D eigenvalue weighted by atomic mass is 32.2. The topological polar surface area (TPSA) is 75.2 Å². The Labute approximate surface area is 194 Å². The van der Waals surface area contributed by atoms with Crippen molar-refractivity contribution in [3.8, 4) is 10.4 Å². The quantitative estimate of drug-likeness (QED) is 0.497. The highest BCUT2D eigenvalue weighted by Gasteiger charge is 2.27. The lowest BCUT2D eigenvalue weighted by Crippen LogP contribution is -2.36. The third-order valence-corrected chi connectivity index (χ3v) is 8.36. The predicted octanol–water partition coefficient (Wildman–Crippen LogP) is 5.24. The van der Waals surface area contributed by atoms with Crippen molar-refractivity contribution in [2.24, 2.45) is 0 Å². The molecule has 3 heterocycles. The highest BCUT2D eigenvalue weighted by molar-refractivity contribution is 8.01. The van der Waals surface area contributed by atoms with Crippen molar-refractivity contribution in [1.29, 1.82) is 0 Å². The van der Waals surface area contributed by atoms with E-state index in [2.05, 4.69) is 15.5 Å². The smallest absolute Gasteiger partial charge is 0.257 e. The van der Waals surface area contributed by atoms with Gasteiger partial charge in [0.05, 0.1) is 11.3 Å². The molecule has 4 rings (SSSR count). The van der Waals surface area contributed by atoms with Crippen molar-refractivity contribution >= 4 is 51.3 Å². The molecule has 6 nitrogen and oxygen atoms in total. The average molecular weight is 473 g/mol. The van der Waals surface area contributed by atoms with Crippen molar-refractivity contribution in [3.63, 3.8) is 0 Å². The van der Waals surface area contributed by atoms with E-state index in [1.165, 1.54) is 34.4 Å². The molecule has 0 spiro atoms. The molecule has 0 saturated carbocycles. The molecule has 1 aromatic carbocycles. The third-order valence-electron chi connectivity index (χ3n) is 5.13. The molecule has 1 aliphatic rings. The van der Waals surface area contributed by atoms with Crippen molar-refractivity contribution in [1.82, 2.24) is 15.1 Å². The van der Waals surface area contributed by atoms with Gasteiger partial charge >= 0.3 is 0 Å².